The maximum Gasteiger partial charge on any atom is 0.288 e. The molecule has 0 bridgehead atoms. The molecule has 1 rings (SSSR count). The zero-order valence-electron chi connectivity index (χ0n) is 5.65. The predicted octanol–water partition coefficient (Wildman–Crippen LogP) is 1.26. The van der Waals surface area contributed by atoms with Gasteiger partial charge in [-0.2, -0.15) is 0 Å². The largest absolute Gasteiger partial charge is 0.288 e. The number of imide groups is 1. The van der Waals surface area contributed by atoms with Crippen LogP contribution in [0.15, 0.2) is 0 Å². The molecule has 0 aromatic heterocycles. The van der Waals surface area contributed by atoms with Gasteiger partial charge in [0.05, 0.1) is 5.75 Å². The number of rotatable bonds is 3. The van der Waals surface area contributed by atoms with Gasteiger partial charge in [-0.15, -0.1) is 11.7 Å². The second-order valence-corrected chi connectivity index (χ2v) is 4.30. The Kier molecular flexibility index (Phi) is 3.61. The number of hydrogen-bond acceptors (Lipinski definition) is 5. The Morgan fingerprint density at radius 2 is 2.36 bits per heavy atom. The Morgan fingerprint density at radius 1 is 1.64 bits per heavy atom. The molecule has 3 nitrogen and oxygen atoms in total. The fourth-order valence-electron chi connectivity index (χ4n) is 0.729. The van der Waals surface area contributed by atoms with Crippen LogP contribution < -0.4 is 0 Å². The molecule has 0 atom stereocenters. The van der Waals surface area contributed by atoms with Crippen LogP contribution >= 0.6 is 34.2 Å². The maximum atomic E-state index is 10.9. The fourth-order valence-corrected chi connectivity index (χ4v) is 1.99. The summed E-state index contributed by atoms with van der Waals surface area (Å²) in [6.07, 6.45) is 0. The Labute approximate surface area is 78.1 Å². The molecule has 2 amide bonds. The van der Waals surface area contributed by atoms with Gasteiger partial charge < -0.3 is 0 Å². The van der Waals surface area contributed by atoms with Crippen LogP contribution in [-0.4, -0.2) is 34.1 Å². The van der Waals surface area contributed by atoms with E-state index in [-0.39, 0.29) is 11.1 Å². The van der Waals surface area contributed by atoms with E-state index in [0.717, 1.165) is 11.8 Å². The van der Waals surface area contributed by atoms with Crippen molar-refractivity contribution in [3.8, 4) is 0 Å². The molecule has 0 saturated carbocycles. The zero-order valence-corrected chi connectivity index (χ0v) is 8.18. The van der Waals surface area contributed by atoms with Crippen LogP contribution in [0, 0.1) is 0 Å². The summed E-state index contributed by atoms with van der Waals surface area (Å²) in [4.78, 5) is 23.1. The molecule has 1 saturated heterocycles. The van der Waals surface area contributed by atoms with Gasteiger partial charge in [0.15, 0.2) is 0 Å². The van der Waals surface area contributed by atoms with E-state index in [1.165, 1.54) is 15.7 Å². The Hall–Kier alpha value is 0.190. The van der Waals surface area contributed by atoms with Gasteiger partial charge in [-0.05, 0) is 0 Å². The molecule has 0 radical (unpaired) electrons. The number of thiol groups is 1. The van der Waals surface area contributed by atoms with Crippen molar-refractivity contribution in [2.75, 3.05) is 18.1 Å². The van der Waals surface area contributed by atoms with E-state index in [0.29, 0.717) is 18.1 Å². The molecule has 0 spiro atoms. The standard InChI is InChI=1S/C5H7NO2S3/c7-4-3-10-5(8)6(4)1-2-11-9/h9H,1-3H2. The predicted molar refractivity (Wildman–Crippen MR) is 51.0 cm³/mol. The molecule has 11 heavy (non-hydrogen) atoms. The average Bonchev–Trinajstić information content (AvgIpc) is 2.29. The molecule has 1 aliphatic heterocycles. The van der Waals surface area contributed by atoms with E-state index in [4.69, 9.17) is 0 Å². The molecule has 6 heteroatoms. The minimum Gasteiger partial charge on any atom is -0.273 e. The first-order valence-electron chi connectivity index (χ1n) is 2.99. The normalized spacial score (nSPS) is 18.1. The summed E-state index contributed by atoms with van der Waals surface area (Å²) >= 11 is 4.98. The molecular formula is C5H7NO2S3. The van der Waals surface area contributed by atoms with Gasteiger partial charge in [0.2, 0.25) is 5.91 Å². The Morgan fingerprint density at radius 3 is 2.82 bits per heavy atom. The van der Waals surface area contributed by atoms with Crippen molar-refractivity contribution < 1.29 is 9.59 Å². The van der Waals surface area contributed by atoms with Crippen LogP contribution in [0.25, 0.3) is 0 Å². The van der Waals surface area contributed by atoms with Gasteiger partial charge in [-0.1, -0.05) is 22.6 Å². The molecule has 0 aliphatic carbocycles. The summed E-state index contributed by atoms with van der Waals surface area (Å²) < 4.78 is 0. The van der Waals surface area contributed by atoms with Crippen LogP contribution in [0.2, 0.25) is 0 Å². The highest BCUT2D eigenvalue weighted by molar-refractivity contribution is 8.68. The minimum absolute atomic E-state index is 0.0811. The van der Waals surface area contributed by atoms with E-state index in [1.54, 1.807) is 0 Å². The SMILES string of the molecule is O=C1CSC(=O)N1CCSS. The van der Waals surface area contributed by atoms with Gasteiger partial charge >= 0.3 is 0 Å². The van der Waals surface area contributed by atoms with Crippen molar-refractivity contribution in [1.82, 2.24) is 4.90 Å². The number of carbonyl (C=O) groups excluding carboxylic acids is 2. The highest BCUT2D eigenvalue weighted by Gasteiger charge is 2.28. The maximum absolute atomic E-state index is 10.9. The summed E-state index contributed by atoms with van der Waals surface area (Å²) in [6.45, 7) is 0.485. The van der Waals surface area contributed by atoms with E-state index >= 15 is 0 Å². The lowest BCUT2D eigenvalue weighted by Gasteiger charge is -2.10. The molecule has 1 fully saturated rings. The van der Waals surface area contributed by atoms with Crippen molar-refractivity contribution in [3.05, 3.63) is 0 Å². The van der Waals surface area contributed by atoms with Crippen LogP contribution in [0.5, 0.6) is 0 Å². The monoisotopic (exact) mass is 209 g/mol. The molecule has 1 aliphatic rings. The number of hydrogen-bond donors (Lipinski definition) is 1. The smallest absolute Gasteiger partial charge is 0.273 e. The second kappa shape index (κ2) is 4.27. The van der Waals surface area contributed by atoms with Crippen molar-refractivity contribution in [1.29, 1.82) is 0 Å². The number of thioether (sulfide) groups is 1. The fraction of sp³-hybridized carbons (Fsp3) is 0.600. The molecule has 1 heterocycles. The van der Waals surface area contributed by atoms with E-state index in [9.17, 15) is 9.59 Å². The van der Waals surface area contributed by atoms with E-state index < -0.39 is 0 Å². The lowest BCUT2D eigenvalue weighted by atomic mass is 10.5. The van der Waals surface area contributed by atoms with Gasteiger partial charge in [0.1, 0.15) is 0 Å². The highest BCUT2D eigenvalue weighted by atomic mass is 33.1. The highest BCUT2D eigenvalue weighted by Crippen LogP contribution is 2.19. The number of nitrogens with zero attached hydrogens (tertiary/aromatic N) is 1. The third-order valence-corrected chi connectivity index (χ3v) is 3.02. The molecule has 0 N–H and O–H groups in total. The number of amides is 2. The van der Waals surface area contributed by atoms with E-state index in [1.807, 2.05) is 0 Å². The Bertz CT molecular complexity index is 169. The Balaban J connectivity index is 2.41. The summed E-state index contributed by atoms with van der Waals surface area (Å²) in [5.74, 6) is 0.916. The van der Waals surface area contributed by atoms with Crippen LogP contribution in [0.1, 0.15) is 0 Å². The second-order valence-electron chi connectivity index (χ2n) is 1.93. The number of carbonyl (C=O) groups is 2. The molecule has 62 valence electrons. The van der Waals surface area contributed by atoms with Crippen molar-refractivity contribution in [3.63, 3.8) is 0 Å². The first-order chi connectivity index (χ1) is 5.25. The van der Waals surface area contributed by atoms with Crippen molar-refractivity contribution in [2.45, 2.75) is 0 Å². The topological polar surface area (TPSA) is 37.4 Å². The summed E-state index contributed by atoms with van der Waals surface area (Å²) in [5.41, 5.74) is 0. The zero-order chi connectivity index (χ0) is 8.27. The average molecular weight is 209 g/mol. The summed E-state index contributed by atoms with van der Waals surface area (Å²) in [7, 11) is 1.33. The van der Waals surface area contributed by atoms with Crippen molar-refractivity contribution >= 4 is 45.4 Å². The third kappa shape index (κ3) is 2.31. The summed E-state index contributed by atoms with van der Waals surface area (Å²) in [6, 6.07) is 0. The van der Waals surface area contributed by atoms with Gasteiger partial charge in [0.25, 0.3) is 5.24 Å². The van der Waals surface area contributed by atoms with Crippen LogP contribution in [0.3, 0.4) is 0 Å². The first-order valence-corrected chi connectivity index (χ1v) is 6.01. The van der Waals surface area contributed by atoms with Gasteiger partial charge in [-0.25, -0.2) is 0 Å². The molecular weight excluding hydrogens is 202 g/mol. The van der Waals surface area contributed by atoms with Crippen LogP contribution in [-0.2, 0) is 4.79 Å². The van der Waals surface area contributed by atoms with Gasteiger partial charge in [-0.3, -0.25) is 14.5 Å². The van der Waals surface area contributed by atoms with E-state index in [2.05, 4.69) is 11.7 Å². The lowest BCUT2D eigenvalue weighted by Crippen LogP contribution is -2.30. The minimum atomic E-state index is -0.127. The van der Waals surface area contributed by atoms with Gasteiger partial charge in [0, 0.05) is 12.3 Å². The molecule has 0 aromatic rings. The van der Waals surface area contributed by atoms with Crippen molar-refractivity contribution in [2.24, 2.45) is 0 Å². The quantitative estimate of drug-likeness (QED) is 0.561. The molecule has 0 unspecified atom stereocenters. The molecule has 0 aromatic carbocycles. The first kappa shape index (κ1) is 9.28. The van der Waals surface area contributed by atoms with Crippen LogP contribution in [0.4, 0.5) is 4.79 Å². The third-order valence-electron chi connectivity index (χ3n) is 1.25. The summed E-state index contributed by atoms with van der Waals surface area (Å²) in [5, 5.41) is -0.127. The lowest BCUT2D eigenvalue weighted by molar-refractivity contribution is -0.124.